The molecule has 0 aliphatic carbocycles. The van der Waals surface area contributed by atoms with Crippen LogP contribution in [0.3, 0.4) is 0 Å². The van der Waals surface area contributed by atoms with E-state index in [9.17, 15) is 19.2 Å². The molecule has 16 nitrogen and oxygen atoms in total. The fraction of sp³-hybridized carbons (Fsp3) is 0.300. The number of fused-ring (bicyclic) bond motifs is 1. The molecule has 5 rings (SSSR count). The van der Waals surface area contributed by atoms with Gasteiger partial charge in [-0.25, -0.2) is 9.78 Å². The number of carbonyl (C=O) groups is 4. The van der Waals surface area contributed by atoms with Gasteiger partial charge in [0.05, 0.1) is 30.6 Å². The van der Waals surface area contributed by atoms with Gasteiger partial charge < -0.3 is 35.6 Å². The van der Waals surface area contributed by atoms with Crippen LogP contribution in [0.15, 0.2) is 66.7 Å². The largest absolute Gasteiger partial charge is 0.494 e. The van der Waals surface area contributed by atoms with Crippen molar-refractivity contribution >= 4 is 58.2 Å². The minimum atomic E-state index is -0.651. The summed E-state index contributed by atoms with van der Waals surface area (Å²) in [4.78, 5) is 53.9. The number of anilines is 4. The highest BCUT2D eigenvalue weighted by Gasteiger charge is 2.21. The van der Waals surface area contributed by atoms with E-state index in [1.165, 1.54) is 19.2 Å². The number of allylic oxidation sites excluding steroid dienone is 1. The number of carbonyl (C=O) groups excluding carboxylic acids is 4. The molecule has 294 valence electrons. The molecule has 2 aromatic heterocycles. The topological polar surface area (TPSA) is 220 Å². The highest BCUT2D eigenvalue weighted by molar-refractivity contribution is 6.03. The maximum absolute atomic E-state index is 13.4. The summed E-state index contributed by atoms with van der Waals surface area (Å²) in [5.41, 5.74) is 16.3. The van der Waals surface area contributed by atoms with Crippen molar-refractivity contribution in [1.82, 2.24) is 19.3 Å². The molecule has 56 heavy (non-hydrogen) atoms. The van der Waals surface area contributed by atoms with Crippen LogP contribution >= 0.6 is 0 Å². The lowest BCUT2D eigenvalue weighted by molar-refractivity contribution is 0.0635. The van der Waals surface area contributed by atoms with E-state index in [0.29, 0.717) is 76.7 Å². The Morgan fingerprint density at radius 1 is 0.982 bits per heavy atom. The lowest BCUT2D eigenvalue weighted by Crippen LogP contribution is -2.27. The normalized spacial score (nSPS) is 11.4. The number of nitrogens with two attached hydrogens (primary N) is 2. The quantitative estimate of drug-likeness (QED) is 0.0449. The molecule has 5 aromatic rings. The van der Waals surface area contributed by atoms with Gasteiger partial charge in [0, 0.05) is 42.9 Å². The minimum Gasteiger partial charge on any atom is -0.494 e. The summed E-state index contributed by atoms with van der Waals surface area (Å²) in [5.74, 6) is -0.0314. The third-order valence-electron chi connectivity index (χ3n) is 8.36. The number of imidazole rings is 1. The molecule has 0 bridgehead atoms. The van der Waals surface area contributed by atoms with Crippen LogP contribution in [0.5, 0.6) is 11.5 Å². The van der Waals surface area contributed by atoms with Crippen LogP contribution in [-0.2, 0) is 24.2 Å². The number of benzene rings is 3. The predicted octanol–water partition coefficient (Wildman–Crippen LogP) is 5.95. The summed E-state index contributed by atoms with van der Waals surface area (Å²) in [6.45, 7) is 10.4. The van der Waals surface area contributed by atoms with E-state index in [1.807, 2.05) is 38.1 Å². The highest BCUT2D eigenvalue weighted by Crippen LogP contribution is 2.33. The maximum Gasteiger partial charge on any atom is 0.412 e. The Kier molecular flexibility index (Phi) is 12.6. The summed E-state index contributed by atoms with van der Waals surface area (Å²) in [7, 11) is 1.50. The first-order chi connectivity index (χ1) is 26.7. The van der Waals surface area contributed by atoms with Crippen molar-refractivity contribution in [2.24, 2.45) is 5.73 Å². The van der Waals surface area contributed by atoms with E-state index < -0.39 is 17.6 Å². The van der Waals surface area contributed by atoms with Crippen LogP contribution in [0.4, 0.5) is 27.8 Å². The van der Waals surface area contributed by atoms with Gasteiger partial charge in [0.1, 0.15) is 40.3 Å². The molecule has 0 spiro atoms. The van der Waals surface area contributed by atoms with Crippen LogP contribution in [-0.4, -0.2) is 69.4 Å². The summed E-state index contributed by atoms with van der Waals surface area (Å²) in [5, 5.41) is 13.3. The lowest BCUT2D eigenvalue weighted by Gasteiger charge is -2.19. The molecule has 0 aliphatic heterocycles. The van der Waals surface area contributed by atoms with Crippen molar-refractivity contribution in [1.29, 1.82) is 0 Å². The summed E-state index contributed by atoms with van der Waals surface area (Å²) in [6, 6.07) is 15.2. The maximum atomic E-state index is 13.4. The zero-order valence-corrected chi connectivity index (χ0v) is 32.3. The molecule has 0 saturated carbocycles. The van der Waals surface area contributed by atoms with Crippen molar-refractivity contribution in [2.45, 2.75) is 59.7 Å². The number of rotatable bonds is 16. The Morgan fingerprint density at radius 2 is 1.73 bits per heavy atom. The van der Waals surface area contributed by atoms with Crippen LogP contribution in [0, 0.1) is 6.92 Å². The van der Waals surface area contributed by atoms with Crippen molar-refractivity contribution in [3.8, 4) is 11.5 Å². The number of aldehydes is 1. The standard InChI is InChI=1S/C40H47N9O7/c1-7-49-31(18-24(2)47-49)37(52)46-38-45-30-19-26(23-50)20-33(54-6)35(30)48(38)16-9-8-15-43-34-29(41)21-27(36(42)51)22-32(34)55-17-14-25-10-12-28(13-11-25)44-39(53)56-40(3,4)5/h8-13,18-23,43H,7,14-17,41H2,1-6H3,(H2,42,51)(H,44,53)(H,45,46,52)/b9-8+. The van der Waals surface area contributed by atoms with E-state index in [0.717, 1.165) is 5.56 Å². The van der Waals surface area contributed by atoms with Gasteiger partial charge in [-0.15, -0.1) is 0 Å². The molecule has 3 amide bonds. The Balaban J connectivity index is 1.29. The van der Waals surface area contributed by atoms with Gasteiger partial charge in [0.15, 0.2) is 0 Å². The van der Waals surface area contributed by atoms with Gasteiger partial charge in [-0.2, -0.15) is 5.10 Å². The zero-order chi connectivity index (χ0) is 40.6. The number of methoxy groups -OCH3 is 1. The van der Waals surface area contributed by atoms with E-state index in [2.05, 4.69) is 26.0 Å². The first kappa shape index (κ1) is 40.3. The molecule has 0 aliphatic rings. The molecule has 3 aromatic carbocycles. The minimum absolute atomic E-state index is 0.196. The molecular weight excluding hydrogens is 718 g/mol. The summed E-state index contributed by atoms with van der Waals surface area (Å²) >= 11 is 0. The highest BCUT2D eigenvalue weighted by atomic mass is 16.6. The second kappa shape index (κ2) is 17.5. The van der Waals surface area contributed by atoms with Gasteiger partial charge in [0.2, 0.25) is 11.9 Å². The summed E-state index contributed by atoms with van der Waals surface area (Å²) in [6.07, 6.45) is 4.41. The molecular formula is C40H47N9O7. The number of nitrogen functional groups attached to an aromatic ring is 1. The fourth-order valence-corrected chi connectivity index (χ4v) is 5.84. The van der Waals surface area contributed by atoms with E-state index in [4.69, 9.17) is 25.7 Å². The van der Waals surface area contributed by atoms with Gasteiger partial charge in [-0.05, 0) is 82.6 Å². The van der Waals surface area contributed by atoms with Gasteiger partial charge in [-0.3, -0.25) is 29.7 Å². The first-order valence-electron chi connectivity index (χ1n) is 17.9. The number of amides is 3. The Morgan fingerprint density at radius 3 is 2.39 bits per heavy atom. The number of nitrogens with zero attached hydrogens (tertiary/aromatic N) is 4. The van der Waals surface area contributed by atoms with Crippen molar-refractivity contribution in [3.05, 3.63) is 94.8 Å². The van der Waals surface area contributed by atoms with Crippen LogP contribution in [0.25, 0.3) is 11.0 Å². The van der Waals surface area contributed by atoms with Crippen LogP contribution in [0.1, 0.15) is 70.2 Å². The van der Waals surface area contributed by atoms with E-state index in [1.54, 1.807) is 60.4 Å². The average molecular weight is 766 g/mol. The fourth-order valence-electron chi connectivity index (χ4n) is 5.84. The SMILES string of the molecule is CCn1nc(C)cc1C(=O)Nc1nc2cc(C=O)cc(OC)c2n1C/C=C/CNc1c(N)cc(C(N)=O)cc1OCCc1ccc(NC(=O)OC(C)(C)C)cc1. The van der Waals surface area contributed by atoms with Crippen molar-refractivity contribution in [3.63, 3.8) is 0 Å². The van der Waals surface area contributed by atoms with Crippen molar-refractivity contribution in [2.75, 3.05) is 41.9 Å². The lowest BCUT2D eigenvalue weighted by atomic mass is 10.1. The van der Waals surface area contributed by atoms with Crippen LogP contribution < -0.4 is 36.9 Å². The molecule has 0 saturated heterocycles. The second-order valence-corrected chi connectivity index (χ2v) is 13.8. The Hall–Kier alpha value is -6.84. The van der Waals surface area contributed by atoms with Crippen LogP contribution in [0.2, 0.25) is 0 Å². The Labute approximate surface area is 324 Å². The van der Waals surface area contributed by atoms with Gasteiger partial charge >= 0.3 is 6.09 Å². The second-order valence-electron chi connectivity index (χ2n) is 13.8. The number of ether oxygens (including phenoxy) is 3. The monoisotopic (exact) mass is 765 g/mol. The Bertz CT molecular complexity index is 2270. The molecule has 2 heterocycles. The average Bonchev–Trinajstić information content (AvgIpc) is 3.70. The number of aryl methyl sites for hydroxylation is 2. The molecule has 0 unspecified atom stereocenters. The molecule has 0 atom stereocenters. The molecule has 16 heteroatoms. The van der Waals surface area contributed by atoms with Gasteiger partial charge in [-0.1, -0.05) is 24.3 Å². The van der Waals surface area contributed by atoms with E-state index in [-0.39, 0.29) is 36.3 Å². The first-order valence-corrected chi connectivity index (χ1v) is 17.9. The number of hydrogen-bond donors (Lipinski definition) is 5. The zero-order valence-electron chi connectivity index (χ0n) is 32.3. The van der Waals surface area contributed by atoms with Crippen molar-refractivity contribution < 1.29 is 33.4 Å². The molecule has 0 fully saturated rings. The summed E-state index contributed by atoms with van der Waals surface area (Å²) < 4.78 is 20.4. The third kappa shape index (κ3) is 10.0. The predicted molar refractivity (Wildman–Crippen MR) is 215 cm³/mol. The number of aromatic nitrogens is 4. The van der Waals surface area contributed by atoms with E-state index >= 15 is 0 Å². The number of hydrogen-bond acceptors (Lipinski definition) is 11. The molecule has 0 radical (unpaired) electrons. The van der Waals surface area contributed by atoms with Gasteiger partial charge in [0.25, 0.3) is 5.91 Å². The number of nitrogens with one attached hydrogen (secondary N) is 3. The number of primary amides is 1. The third-order valence-corrected chi connectivity index (χ3v) is 8.36. The smallest absolute Gasteiger partial charge is 0.412 e. The molecule has 7 N–H and O–H groups in total.